The summed E-state index contributed by atoms with van der Waals surface area (Å²) >= 11 is 0. The molecule has 1 aliphatic carbocycles. The van der Waals surface area contributed by atoms with Gasteiger partial charge in [0.05, 0.1) is 0 Å². The Morgan fingerprint density at radius 2 is 2.00 bits per heavy atom. The molecule has 58 valence electrons. The van der Waals surface area contributed by atoms with E-state index in [9.17, 15) is 0 Å². The highest BCUT2D eigenvalue weighted by Crippen LogP contribution is 2.47. The van der Waals surface area contributed by atoms with Gasteiger partial charge in [-0.3, -0.25) is 0 Å². The monoisotopic (exact) mass is 139 g/mol. The zero-order valence-electron chi connectivity index (χ0n) is 7.15. The number of hydrogen-bond acceptors (Lipinski definition) is 1. The summed E-state index contributed by atoms with van der Waals surface area (Å²) in [5.41, 5.74) is 7.71. The standard InChI is InChI=1S/C9H17N/c1-7(2)6-8(10)9(3)4-5-9/h6,8H,4-5,10H2,1-3H3. The molecular formula is C9H17N. The van der Waals surface area contributed by atoms with Gasteiger partial charge in [-0.2, -0.15) is 0 Å². The molecule has 1 heteroatoms. The smallest absolute Gasteiger partial charge is 0.0280 e. The van der Waals surface area contributed by atoms with Crippen molar-refractivity contribution in [3.8, 4) is 0 Å². The molecule has 0 bridgehead atoms. The first-order valence-electron chi connectivity index (χ1n) is 3.95. The zero-order valence-corrected chi connectivity index (χ0v) is 7.15. The van der Waals surface area contributed by atoms with Crippen LogP contribution in [0.25, 0.3) is 0 Å². The summed E-state index contributed by atoms with van der Waals surface area (Å²) in [6.07, 6.45) is 4.78. The molecule has 1 fully saturated rings. The van der Waals surface area contributed by atoms with Crippen molar-refractivity contribution >= 4 is 0 Å². The van der Waals surface area contributed by atoms with Crippen LogP contribution >= 0.6 is 0 Å². The zero-order chi connectivity index (χ0) is 7.78. The molecule has 0 saturated heterocycles. The Bertz CT molecular complexity index is 150. The number of hydrogen-bond donors (Lipinski definition) is 1. The molecule has 0 aliphatic heterocycles. The molecule has 0 amide bonds. The Morgan fingerprint density at radius 1 is 1.50 bits per heavy atom. The molecule has 0 aromatic rings. The molecule has 0 heterocycles. The normalized spacial score (nSPS) is 23.6. The molecule has 10 heavy (non-hydrogen) atoms. The second-order valence-corrected chi connectivity index (χ2v) is 3.92. The van der Waals surface area contributed by atoms with Crippen LogP contribution in [0.2, 0.25) is 0 Å². The van der Waals surface area contributed by atoms with Crippen molar-refractivity contribution in [3.05, 3.63) is 11.6 Å². The van der Waals surface area contributed by atoms with Gasteiger partial charge in [0.2, 0.25) is 0 Å². The van der Waals surface area contributed by atoms with Gasteiger partial charge in [0.25, 0.3) is 0 Å². The lowest BCUT2D eigenvalue weighted by molar-refractivity contribution is 0.501. The lowest BCUT2D eigenvalue weighted by Crippen LogP contribution is -2.27. The van der Waals surface area contributed by atoms with Gasteiger partial charge >= 0.3 is 0 Å². The first kappa shape index (κ1) is 7.80. The van der Waals surface area contributed by atoms with Crippen LogP contribution in [0.1, 0.15) is 33.6 Å². The van der Waals surface area contributed by atoms with Crippen molar-refractivity contribution in [1.29, 1.82) is 0 Å². The highest BCUT2D eigenvalue weighted by Gasteiger charge is 2.41. The lowest BCUT2D eigenvalue weighted by Gasteiger charge is -2.14. The summed E-state index contributed by atoms with van der Waals surface area (Å²) in [6, 6.07) is 0.289. The van der Waals surface area contributed by atoms with Crippen molar-refractivity contribution in [2.24, 2.45) is 11.1 Å². The average Bonchev–Trinajstić information content (AvgIpc) is 2.47. The Balaban J connectivity index is 2.50. The lowest BCUT2D eigenvalue weighted by atomic mass is 9.98. The van der Waals surface area contributed by atoms with Gasteiger partial charge in [0.1, 0.15) is 0 Å². The fourth-order valence-corrected chi connectivity index (χ4v) is 1.09. The third-order valence-corrected chi connectivity index (χ3v) is 2.36. The van der Waals surface area contributed by atoms with E-state index in [0.29, 0.717) is 5.41 Å². The number of allylic oxidation sites excluding steroid dienone is 1. The SMILES string of the molecule is CC(C)=CC(N)C1(C)CC1. The maximum Gasteiger partial charge on any atom is 0.0280 e. The van der Waals surface area contributed by atoms with Crippen molar-refractivity contribution in [1.82, 2.24) is 0 Å². The van der Waals surface area contributed by atoms with Crippen LogP contribution in [-0.4, -0.2) is 6.04 Å². The van der Waals surface area contributed by atoms with Crippen LogP contribution in [0.3, 0.4) is 0 Å². The highest BCUT2D eigenvalue weighted by atomic mass is 14.7. The van der Waals surface area contributed by atoms with Crippen LogP contribution in [0.5, 0.6) is 0 Å². The first-order valence-corrected chi connectivity index (χ1v) is 3.95. The topological polar surface area (TPSA) is 26.0 Å². The van der Waals surface area contributed by atoms with Crippen molar-refractivity contribution in [2.45, 2.75) is 39.7 Å². The van der Waals surface area contributed by atoms with Crippen LogP contribution in [0.15, 0.2) is 11.6 Å². The maximum absolute atomic E-state index is 5.94. The fourth-order valence-electron chi connectivity index (χ4n) is 1.09. The van der Waals surface area contributed by atoms with Gasteiger partial charge in [-0.05, 0) is 32.1 Å². The second kappa shape index (κ2) is 2.39. The quantitative estimate of drug-likeness (QED) is 0.582. The molecule has 1 saturated carbocycles. The van der Waals surface area contributed by atoms with E-state index in [1.807, 2.05) is 0 Å². The van der Waals surface area contributed by atoms with E-state index in [4.69, 9.17) is 5.73 Å². The first-order chi connectivity index (χ1) is 4.54. The molecule has 2 N–H and O–H groups in total. The largest absolute Gasteiger partial charge is 0.324 e. The van der Waals surface area contributed by atoms with Crippen LogP contribution in [0.4, 0.5) is 0 Å². The molecule has 1 rings (SSSR count). The molecule has 0 radical (unpaired) electrons. The van der Waals surface area contributed by atoms with E-state index < -0.39 is 0 Å². The molecule has 1 atom stereocenters. The Morgan fingerprint density at radius 3 is 2.30 bits per heavy atom. The van der Waals surface area contributed by atoms with E-state index in [2.05, 4.69) is 26.8 Å². The van der Waals surface area contributed by atoms with Crippen LogP contribution in [-0.2, 0) is 0 Å². The van der Waals surface area contributed by atoms with Crippen molar-refractivity contribution in [2.75, 3.05) is 0 Å². The summed E-state index contributed by atoms with van der Waals surface area (Å²) in [4.78, 5) is 0. The Kier molecular flexibility index (Phi) is 1.86. The summed E-state index contributed by atoms with van der Waals surface area (Å²) in [5.74, 6) is 0. The summed E-state index contributed by atoms with van der Waals surface area (Å²) in [7, 11) is 0. The maximum atomic E-state index is 5.94. The number of rotatable bonds is 2. The summed E-state index contributed by atoms with van der Waals surface area (Å²) in [6.45, 7) is 6.47. The molecule has 0 aromatic heterocycles. The van der Waals surface area contributed by atoms with E-state index >= 15 is 0 Å². The summed E-state index contributed by atoms with van der Waals surface area (Å²) in [5, 5.41) is 0. The van der Waals surface area contributed by atoms with Crippen LogP contribution < -0.4 is 5.73 Å². The molecule has 1 unspecified atom stereocenters. The fraction of sp³-hybridized carbons (Fsp3) is 0.778. The Hall–Kier alpha value is -0.300. The predicted octanol–water partition coefficient (Wildman–Crippen LogP) is 2.08. The van der Waals surface area contributed by atoms with E-state index in [1.54, 1.807) is 0 Å². The van der Waals surface area contributed by atoms with Gasteiger partial charge in [-0.1, -0.05) is 18.6 Å². The minimum absolute atomic E-state index is 0.289. The molecule has 1 aliphatic rings. The third kappa shape index (κ3) is 1.60. The second-order valence-electron chi connectivity index (χ2n) is 3.92. The third-order valence-electron chi connectivity index (χ3n) is 2.36. The van der Waals surface area contributed by atoms with Crippen molar-refractivity contribution < 1.29 is 0 Å². The Labute approximate surface area is 63.3 Å². The van der Waals surface area contributed by atoms with E-state index in [0.717, 1.165) is 0 Å². The van der Waals surface area contributed by atoms with Crippen molar-refractivity contribution in [3.63, 3.8) is 0 Å². The average molecular weight is 139 g/mol. The minimum Gasteiger partial charge on any atom is -0.324 e. The predicted molar refractivity (Wildman–Crippen MR) is 44.7 cm³/mol. The highest BCUT2D eigenvalue weighted by molar-refractivity contribution is 5.10. The van der Waals surface area contributed by atoms with E-state index in [1.165, 1.54) is 18.4 Å². The van der Waals surface area contributed by atoms with Crippen LogP contribution in [0, 0.1) is 5.41 Å². The number of nitrogens with two attached hydrogens (primary N) is 1. The molecule has 1 nitrogen and oxygen atoms in total. The molecular weight excluding hydrogens is 122 g/mol. The van der Waals surface area contributed by atoms with Gasteiger partial charge in [-0.15, -0.1) is 0 Å². The summed E-state index contributed by atoms with van der Waals surface area (Å²) < 4.78 is 0. The molecule has 0 spiro atoms. The van der Waals surface area contributed by atoms with E-state index in [-0.39, 0.29) is 6.04 Å². The van der Waals surface area contributed by atoms with Gasteiger partial charge < -0.3 is 5.73 Å². The minimum atomic E-state index is 0.289. The van der Waals surface area contributed by atoms with Gasteiger partial charge in [0.15, 0.2) is 0 Å². The van der Waals surface area contributed by atoms with Gasteiger partial charge in [-0.25, -0.2) is 0 Å². The van der Waals surface area contributed by atoms with Gasteiger partial charge in [0, 0.05) is 6.04 Å². The molecule has 0 aromatic carbocycles.